The Bertz CT molecular complexity index is 741. The molecule has 3 rings (SSSR count). The number of nitrogens with one attached hydrogen (secondary N) is 1. The molecule has 22 heavy (non-hydrogen) atoms. The number of carbonyl (C=O) groups excluding carboxylic acids is 1. The quantitative estimate of drug-likeness (QED) is 0.893. The second-order valence-corrected chi connectivity index (χ2v) is 6.03. The first-order chi connectivity index (χ1) is 10.5. The minimum absolute atomic E-state index is 0.0644. The zero-order chi connectivity index (χ0) is 15.9. The number of phenols is 1. The molecule has 1 aliphatic rings. The van der Waals surface area contributed by atoms with E-state index in [2.05, 4.69) is 15.3 Å². The number of fused-ring (bicyclic) bond motifs is 1. The molecule has 0 spiro atoms. The molecular weight excluding hydrogens is 278 g/mol. The van der Waals surface area contributed by atoms with Gasteiger partial charge in [0.05, 0.1) is 5.69 Å². The average Bonchev–Trinajstić information content (AvgIpc) is 2.48. The van der Waals surface area contributed by atoms with Gasteiger partial charge in [0.25, 0.3) is 0 Å². The largest absolute Gasteiger partial charge is 0.508 e. The Kier molecular flexibility index (Phi) is 3.56. The van der Waals surface area contributed by atoms with Crippen LogP contribution in [-0.2, 0) is 4.79 Å². The van der Waals surface area contributed by atoms with Crippen LogP contribution in [0.25, 0.3) is 0 Å². The van der Waals surface area contributed by atoms with Gasteiger partial charge >= 0.3 is 0 Å². The first-order valence-electron chi connectivity index (χ1n) is 7.42. The summed E-state index contributed by atoms with van der Waals surface area (Å²) in [5.41, 5.74) is 3.29. The van der Waals surface area contributed by atoms with Crippen molar-refractivity contribution in [1.82, 2.24) is 9.97 Å². The van der Waals surface area contributed by atoms with Crippen LogP contribution in [0.3, 0.4) is 0 Å². The molecule has 1 amide bonds. The molecule has 1 atom stereocenters. The van der Waals surface area contributed by atoms with Crippen molar-refractivity contribution < 1.29 is 9.90 Å². The highest BCUT2D eigenvalue weighted by molar-refractivity contribution is 5.95. The minimum Gasteiger partial charge on any atom is -0.508 e. The summed E-state index contributed by atoms with van der Waals surface area (Å²) in [6, 6.07) is 5.40. The van der Waals surface area contributed by atoms with Crippen molar-refractivity contribution in [2.75, 3.05) is 5.32 Å². The van der Waals surface area contributed by atoms with E-state index in [-0.39, 0.29) is 23.5 Å². The predicted molar refractivity (Wildman–Crippen MR) is 84.1 cm³/mol. The van der Waals surface area contributed by atoms with E-state index < -0.39 is 0 Å². The SMILES string of the molecule is Cc1cc2c(cc1O)NC(=O)C[C@H]2c1ccnc(C(C)C)n1. The van der Waals surface area contributed by atoms with E-state index in [1.165, 1.54) is 0 Å². The summed E-state index contributed by atoms with van der Waals surface area (Å²) in [5.74, 6) is 1.03. The minimum atomic E-state index is -0.108. The van der Waals surface area contributed by atoms with E-state index in [1.54, 1.807) is 12.3 Å². The van der Waals surface area contributed by atoms with Crippen LogP contribution in [0, 0.1) is 6.92 Å². The highest BCUT2D eigenvalue weighted by Gasteiger charge is 2.28. The molecule has 1 aromatic carbocycles. The highest BCUT2D eigenvalue weighted by Crippen LogP contribution is 2.39. The van der Waals surface area contributed by atoms with Gasteiger partial charge in [-0.05, 0) is 30.2 Å². The topological polar surface area (TPSA) is 75.1 Å². The molecule has 2 N–H and O–H groups in total. The standard InChI is InChI=1S/C17H19N3O2/c1-9(2)17-18-5-4-13(20-17)12-7-16(22)19-14-8-15(21)10(3)6-11(12)14/h4-6,8-9,12,21H,7H2,1-3H3,(H,19,22)/t12-/m1/s1. The third-order valence-corrected chi connectivity index (χ3v) is 3.98. The molecule has 5 nitrogen and oxygen atoms in total. The van der Waals surface area contributed by atoms with E-state index in [0.29, 0.717) is 12.1 Å². The molecular formula is C17H19N3O2. The van der Waals surface area contributed by atoms with Gasteiger partial charge in [-0.1, -0.05) is 13.8 Å². The second-order valence-electron chi connectivity index (χ2n) is 6.03. The van der Waals surface area contributed by atoms with Crippen LogP contribution in [0.15, 0.2) is 24.4 Å². The fourth-order valence-corrected chi connectivity index (χ4v) is 2.74. The van der Waals surface area contributed by atoms with E-state index in [1.807, 2.05) is 32.9 Å². The van der Waals surface area contributed by atoms with Crippen LogP contribution in [0.1, 0.15) is 54.7 Å². The van der Waals surface area contributed by atoms with E-state index in [9.17, 15) is 9.90 Å². The van der Waals surface area contributed by atoms with Crippen molar-refractivity contribution in [3.05, 3.63) is 47.0 Å². The van der Waals surface area contributed by atoms with Crippen LogP contribution in [-0.4, -0.2) is 21.0 Å². The fourth-order valence-electron chi connectivity index (χ4n) is 2.74. The lowest BCUT2D eigenvalue weighted by Gasteiger charge is -2.26. The summed E-state index contributed by atoms with van der Waals surface area (Å²) in [6.45, 7) is 5.94. The normalized spacial score (nSPS) is 17.3. The van der Waals surface area contributed by atoms with Crippen molar-refractivity contribution in [2.24, 2.45) is 0 Å². The summed E-state index contributed by atoms with van der Waals surface area (Å²) in [7, 11) is 0. The maximum atomic E-state index is 12.0. The number of hydrogen-bond acceptors (Lipinski definition) is 4. The Labute approximate surface area is 129 Å². The van der Waals surface area contributed by atoms with Gasteiger partial charge in [0.1, 0.15) is 11.6 Å². The van der Waals surface area contributed by atoms with Crippen LogP contribution in [0.2, 0.25) is 0 Å². The molecule has 114 valence electrons. The van der Waals surface area contributed by atoms with Crippen molar-refractivity contribution >= 4 is 11.6 Å². The van der Waals surface area contributed by atoms with Gasteiger partial charge < -0.3 is 10.4 Å². The van der Waals surface area contributed by atoms with Gasteiger partial charge in [-0.3, -0.25) is 4.79 Å². The number of anilines is 1. The van der Waals surface area contributed by atoms with Gasteiger partial charge in [0.15, 0.2) is 0 Å². The number of rotatable bonds is 2. The molecule has 0 bridgehead atoms. The van der Waals surface area contributed by atoms with Crippen LogP contribution >= 0.6 is 0 Å². The van der Waals surface area contributed by atoms with Crippen LogP contribution in [0.4, 0.5) is 5.69 Å². The summed E-state index contributed by atoms with van der Waals surface area (Å²) >= 11 is 0. The summed E-state index contributed by atoms with van der Waals surface area (Å²) in [5, 5.41) is 12.7. The van der Waals surface area contributed by atoms with Gasteiger partial charge in [0, 0.05) is 36.2 Å². The Balaban J connectivity index is 2.11. The number of aromatic nitrogens is 2. The Hall–Kier alpha value is -2.43. The lowest BCUT2D eigenvalue weighted by Crippen LogP contribution is -2.24. The predicted octanol–water partition coefficient (Wildman–Crippen LogP) is 3.09. The fraction of sp³-hybridized carbons (Fsp3) is 0.353. The van der Waals surface area contributed by atoms with Gasteiger partial charge in [0.2, 0.25) is 5.91 Å². The molecule has 0 aliphatic carbocycles. The zero-order valence-electron chi connectivity index (χ0n) is 12.9. The maximum absolute atomic E-state index is 12.0. The average molecular weight is 297 g/mol. The molecule has 0 unspecified atom stereocenters. The number of nitrogens with zero attached hydrogens (tertiary/aromatic N) is 2. The number of phenolic OH excluding ortho intramolecular Hbond substituents is 1. The van der Waals surface area contributed by atoms with Crippen molar-refractivity contribution in [3.8, 4) is 5.75 Å². The second kappa shape index (κ2) is 5.40. The number of aromatic hydroxyl groups is 1. The number of benzene rings is 1. The third-order valence-electron chi connectivity index (χ3n) is 3.98. The Morgan fingerprint density at radius 2 is 2.14 bits per heavy atom. The smallest absolute Gasteiger partial charge is 0.225 e. The molecule has 0 fully saturated rings. The monoisotopic (exact) mass is 297 g/mol. The molecule has 5 heteroatoms. The zero-order valence-corrected chi connectivity index (χ0v) is 12.9. The maximum Gasteiger partial charge on any atom is 0.225 e. The van der Waals surface area contributed by atoms with Crippen molar-refractivity contribution in [2.45, 2.75) is 39.0 Å². The molecule has 0 saturated carbocycles. The van der Waals surface area contributed by atoms with Crippen molar-refractivity contribution in [3.63, 3.8) is 0 Å². The summed E-state index contributed by atoms with van der Waals surface area (Å²) in [4.78, 5) is 20.9. The van der Waals surface area contributed by atoms with Crippen molar-refractivity contribution in [1.29, 1.82) is 0 Å². The number of amides is 1. The number of carbonyl (C=O) groups is 1. The molecule has 2 heterocycles. The lowest BCUT2D eigenvalue weighted by molar-refractivity contribution is -0.116. The van der Waals surface area contributed by atoms with Crippen LogP contribution < -0.4 is 5.32 Å². The van der Waals surface area contributed by atoms with Gasteiger partial charge in [-0.15, -0.1) is 0 Å². The first-order valence-corrected chi connectivity index (χ1v) is 7.42. The molecule has 1 aromatic heterocycles. The number of aryl methyl sites for hydroxylation is 1. The van der Waals surface area contributed by atoms with E-state index in [0.717, 1.165) is 22.6 Å². The third kappa shape index (κ3) is 2.54. The molecule has 2 aromatic rings. The van der Waals surface area contributed by atoms with E-state index in [4.69, 9.17) is 0 Å². The highest BCUT2D eigenvalue weighted by atomic mass is 16.3. The summed E-state index contributed by atoms with van der Waals surface area (Å²) < 4.78 is 0. The Morgan fingerprint density at radius 3 is 2.86 bits per heavy atom. The first kappa shape index (κ1) is 14.5. The van der Waals surface area contributed by atoms with Gasteiger partial charge in [-0.2, -0.15) is 0 Å². The summed E-state index contributed by atoms with van der Waals surface area (Å²) in [6.07, 6.45) is 2.10. The van der Waals surface area contributed by atoms with E-state index >= 15 is 0 Å². The number of hydrogen-bond donors (Lipinski definition) is 2. The van der Waals surface area contributed by atoms with Crippen LogP contribution in [0.5, 0.6) is 5.75 Å². The molecule has 0 radical (unpaired) electrons. The lowest BCUT2D eigenvalue weighted by atomic mass is 9.86. The molecule has 1 aliphatic heterocycles. The molecule has 0 saturated heterocycles. The van der Waals surface area contributed by atoms with Gasteiger partial charge in [-0.25, -0.2) is 9.97 Å². The Morgan fingerprint density at radius 1 is 1.36 bits per heavy atom.